The number of carbonyl (C=O) groups is 1. The molecule has 2 bridgehead atoms. The quantitative estimate of drug-likeness (QED) is 0.803. The predicted molar refractivity (Wildman–Crippen MR) is 78.5 cm³/mol. The third-order valence-corrected chi connectivity index (χ3v) is 5.11. The van der Waals surface area contributed by atoms with Crippen LogP contribution < -0.4 is 5.32 Å². The van der Waals surface area contributed by atoms with Crippen molar-refractivity contribution in [1.29, 1.82) is 0 Å². The van der Waals surface area contributed by atoms with Crippen LogP contribution in [0, 0.1) is 17.8 Å². The standard InChI is InChI=1S/C16H26N2O2/c1-2-20-16(19)18-7-5-15(6-8-18)17-11-14-10-12-3-4-13(14)9-12/h3-4,12-15,17H,2,5-11H2,1H3. The summed E-state index contributed by atoms with van der Waals surface area (Å²) < 4.78 is 5.05. The molecule has 3 atom stereocenters. The molecule has 2 aliphatic carbocycles. The van der Waals surface area contributed by atoms with Gasteiger partial charge in [0.15, 0.2) is 0 Å². The molecule has 0 aromatic rings. The van der Waals surface area contributed by atoms with Crippen LogP contribution in [0.1, 0.15) is 32.6 Å². The summed E-state index contributed by atoms with van der Waals surface area (Å²) in [7, 11) is 0. The summed E-state index contributed by atoms with van der Waals surface area (Å²) in [6, 6.07) is 0.573. The minimum absolute atomic E-state index is 0.149. The second-order valence-corrected chi connectivity index (χ2v) is 6.41. The van der Waals surface area contributed by atoms with Crippen LogP contribution in [0.5, 0.6) is 0 Å². The van der Waals surface area contributed by atoms with Crippen molar-refractivity contribution in [2.75, 3.05) is 26.2 Å². The molecular formula is C16H26N2O2. The molecule has 0 aromatic carbocycles. The average Bonchev–Trinajstić information content (AvgIpc) is 3.08. The molecule has 3 aliphatic rings. The summed E-state index contributed by atoms with van der Waals surface area (Å²) in [4.78, 5) is 13.5. The Morgan fingerprint density at radius 1 is 1.30 bits per heavy atom. The summed E-state index contributed by atoms with van der Waals surface area (Å²) in [6.07, 6.45) is 9.53. The lowest BCUT2D eigenvalue weighted by molar-refractivity contribution is 0.0946. The Balaban J connectivity index is 1.37. The third kappa shape index (κ3) is 3.00. The van der Waals surface area contributed by atoms with Gasteiger partial charge in [0.1, 0.15) is 0 Å². The Labute approximate surface area is 121 Å². The molecule has 3 unspecified atom stereocenters. The molecule has 0 radical (unpaired) electrons. The minimum atomic E-state index is -0.149. The van der Waals surface area contributed by atoms with E-state index in [0.717, 1.165) is 50.2 Å². The summed E-state index contributed by atoms with van der Waals surface area (Å²) >= 11 is 0. The number of piperidine rings is 1. The number of ether oxygens (including phenoxy) is 1. The number of hydrogen-bond donors (Lipinski definition) is 1. The van der Waals surface area contributed by atoms with Crippen LogP contribution in [-0.4, -0.2) is 43.3 Å². The van der Waals surface area contributed by atoms with Crippen LogP contribution >= 0.6 is 0 Å². The second-order valence-electron chi connectivity index (χ2n) is 6.41. The highest BCUT2D eigenvalue weighted by Crippen LogP contribution is 2.43. The number of fused-ring (bicyclic) bond motifs is 2. The van der Waals surface area contributed by atoms with Crippen molar-refractivity contribution >= 4 is 6.09 Å². The van der Waals surface area contributed by atoms with E-state index in [1.165, 1.54) is 12.8 Å². The van der Waals surface area contributed by atoms with Crippen LogP contribution in [-0.2, 0) is 4.74 Å². The molecule has 112 valence electrons. The Morgan fingerprint density at radius 2 is 2.10 bits per heavy atom. The minimum Gasteiger partial charge on any atom is -0.450 e. The van der Waals surface area contributed by atoms with Crippen molar-refractivity contribution < 1.29 is 9.53 Å². The Kier molecular flexibility index (Phi) is 4.29. The highest BCUT2D eigenvalue weighted by Gasteiger charge is 2.35. The Morgan fingerprint density at radius 3 is 2.70 bits per heavy atom. The summed E-state index contributed by atoms with van der Waals surface area (Å²) in [5.74, 6) is 2.53. The zero-order valence-corrected chi connectivity index (χ0v) is 12.4. The SMILES string of the molecule is CCOC(=O)N1CCC(NCC2CC3C=CC2C3)CC1. The molecule has 0 aromatic heterocycles. The van der Waals surface area contributed by atoms with Crippen molar-refractivity contribution in [2.45, 2.75) is 38.6 Å². The molecule has 1 saturated carbocycles. The van der Waals surface area contributed by atoms with Crippen LogP contribution in [0.25, 0.3) is 0 Å². The second kappa shape index (κ2) is 6.17. The lowest BCUT2D eigenvalue weighted by Crippen LogP contribution is -2.46. The molecule has 20 heavy (non-hydrogen) atoms. The van der Waals surface area contributed by atoms with Gasteiger partial charge in [-0.1, -0.05) is 12.2 Å². The monoisotopic (exact) mass is 278 g/mol. The van der Waals surface area contributed by atoms with E-state index in [2.05, 4.69) is 17.5 Å². The van der Waals surface area contributed by atoms with Gasteiger partial charge in [0.05, 0.1) is 6.61 Å². The van der Waals surface area contributed by atoms with Gasteiger partial charge in [-0.2, -0.15) is 0 Å². The van der Waals surface area contributed by atoms with Gasteiger partial charge in [0.25, 0.3) is 0 Å². The highest BCUT2D eigenvalue weighted by molar-refractivity contribution is 5.67. The van der Waals surface area contributed by atoms with Gasteiger partial charge < -0.3 is 15.0 Å². The van der Waals surface area contributed by atoms with E-state index < -0.39 is 0 Å². The number of nitrogens with one attached hydrogen (secondary N) is 1. The zero-order valence-electron chi connectivity index (χ0n) is 12.4. The van der Waals surface area contributed by atoms with Gasteiger partial charge in [-0.05, 0) is 56.9 Å². The molecule has 1 amide bonds. The number of carbonyl (C=O) groups excluding carboxylic acids is 1. The lowest BCUT2D eigenvalue weighted by atomic mass is 9.93. The topological polar surface area (TPSA) is 41.6 Å². The van der Waals surface area contributed by atoms with Crippen molar-refractivity contribution in [3.8, 4) is 0 Å². The smallest absolute Gasteiger partial charge is 0.409 e. The van der Waals surface area contributed by atoms with Crippen molar-refractivity contribution in [2.24, 2.45) is 17.8 Å². The van der Waals surface area contributed by atoms with Crippen LogP contribution in [0.3, 0.4) is 0 Å². The highest BCUT2D eigenvalue weighted by atomic mass is 16.6. The van der Waals surface area contributed by atoms with Gasteiger partial charge in [0, 0.05) is 19.1 Å². The molecule has 1 saturated heterocycles. The van der Waals surface area contributed by atoms with Crippen LogP contribution in [0.4, 0.5) is 4.79 Å². The third-order valence-electron chi connectivity index (χ3n) is 5.11. The normalized spacial score (nSPS) is 32.9. The van der Waals surface area contributed by atoms with Gasteiger partial charge >= 0.3 is 6.09 Å². The number of hydrogen-bond acceptors (Lipinski definition) is 3. The fraction of sp³-hybridized carbons (Fsp3) is 0.812. The van der Waals surface area contributed by atoms with E-state index in [4.69, 9.17) is 4.74 Å². The maximum absolute atomic E-state index is 11.6. The molecule has 3 rings (SSSR count). The molecule has 4 heteroatoms. The van der Waals surface area contributed by atoms with E-state index in [-0.39, 0.29) is 6.09 Å². The van der Waals surface area contributed by atoms with Gasteiger partial charge in [-0.15, -0.1) is 0 Å². The molecule has 1 aliphatic heterocycles. The van der Waals surface area contributed by atoms with Crippen molar-refractivity contribution in [3.63, 3.8) is 0 Å². The fourth-order valence-electron chi connectivity index (χ4n) is 3.93. The number of nitrogens with zero attached hydrogens (tertiary/aromatic N) is 1. The van der Waals surface area contributed by atoms with E-state index in [0.29, 0.717) is 12.6 Å². The Hall–Kier alpha value is -1.03. The molecule has 1 heterocycles. The van der Waals surface area contributed by atoms with Gasteiger partial charge in [-0.3, -0.25) is 0 Å². The van der Waals surface area contributed by atoms with E-state index in [1.807, 2.05) is 11.8 Å². The number of allylic oxidation sites excluding steroid dienone is 2. The van der Waals surface area contributed by atoms with Crippen molar-refractivity contribution in [3.05, 3.63) is 12.2 Å². The number of likely N-dealkylation sites (tertiary alicyclic amines) is 1. The molecule has 1 N–H and O–H groups in total. The number of amides is 1. The summed E-state index contributed by atoms with van der Waals surface area (Å²) in [5.41, 5.74) is 0. The fourth-order valence-corrected chi connectivity index (χ4v) is 3.93. The Bertz CT molecular complexity index is 375. The molecular weight excluding hydrogens is 252 g/mol. The largest absolute Gasteiger partial charge is 0.450 e. The predicted octanol–water partition coefficient (Wildman–Crippen LogP) is 2.41. The first-order valence-electron chi connectivity index (χ1n) is 8.09. The number of rotatable bonds is 4. The van der Waals surface area contributed by atoms with E-state index in [9.17, 15) is 4.79 Å². The average molecular weight is 278 g/mol. The van der Waals surface area contributed by atoms with Crippen LogP contribution in [0.15, 0.2) is 12.2 Å². The van der Waals surface area contributed by atoms with Crippen molar-refractivity contribution in [1.82, 2.24) is 10.2 Å². The summed E-state index contributed by atoms with van der Waals surface area (Å²) in [5, 5.41) is 3.73. The summed E-state index contributed by atoms with van der Waals surface area (Å²) in [6.45, 7) is 5.13. The maximum Gasteiger partial charge on any atom is 0.409 e. The molecule has 0 spiro atoms. The lowest BCUT2D eigenvalue weighted by Gasteiger charge is -2.32. The van der Waals surface area contributed by atoms with Crippen LogP contribution in [0.2, 0.25) is 0 Å². The van der Waals surface area contributed by atoms with E-state index >= 15 is 0 Å². The van der Waals surface area contributed by atoms with Gasteiger partial charge in [-0.25, -0.2) is 4.79 Å². The van der Waals surface area contributed by atoms with E-state index in [1.54, 1.807) is 0 Å². The maximum atomic E-state index is 11.6. The first-order chi connectivity index (χ1) is 9.76. The first-order valence-corrected chi connectivity index (χ1v) is 8.09. The van der Waals surface area contributed by atoms with Gasteiger partial charge in [0.2, 0.25) is 0 Å². The first kappa shape index (κ1) is 13.9. The molecule has 2 fully saturated rings. The molecule has 4 nitrogen and oxygen atoms in total. The zero-order chi connectivity index (χ0) is 13.9.